The van der Waals surface area contributed by atoms with Crippen molar-refractivity contribution in [3.63, 3.8) is 0 Å². The second-order valence-corrected chi connectivity index (χ2v) is 10.5. The van der Waals surface area contributed by atoms with Crippen molar-refractivity contribution < 1.29 is 9.18 Å². The molecule has 0 bridgehead atoms. The highest BCUT2D eigenvalue weighted by Gasteiger charge is 2.26. The van der Waals surface area contributed by atoms with Crippen molar-refractivity contribution in [3.05, 3.63) is 70.7 Å². The summed E-state index contributed by atoms with van der Waals surface area (Å²) in [6, 6.07) is 11.8. The highest BCUT2D eigenvalue weighted by atomic mass is 35.5. The average Bonchev–Trinajstić information content (AvgIpc) is 3.52. The number of likely N-dealkylation sites (tertiary alicyclic amines) is 1. The summed E-state index contributed by atoms with van der Waals surface area (Å²) < 4.78 is 15.7. The van der Waals surface area contributed by atoms with E-state index in [1.54, 1.807) is 18.5 Å². The number of carbonyl (C=O) groups excluding carboxylic acids is 1. The number of H-pyrrole nitrogens is 1. The highest BCUT2D eigenvalue weighted by molar-refractivity contribution is 7.20. The van der Waals surface area contributed by atoms with E-state index in [4.69, 9.17) is 11.6 Å². The van der Waals surface area contributed by atoms with Crippen molar-refractivity contribution in [2.24, 2.45) is 5.92 Å². The number of halogens is 2. The van der Waals surface area contributed by atoms with E-state index >= 15 is 0 Å². The molecule has 6 rings (SSSR count). The number of aromatic nitrogens is 4. The summed E-state index contributed by atoms with van der Waals surface area (Å²) >= 11 is 7.63. The molecule has 1 aromatic carbocycles. The second kappa shape index (κ2) is 9.48. The quantitative estimate of drug-likeness (QED) is 0.297. The van der Waals surface area contributed by atoms with E-state index in [1.807, 2.05) is 35.2 Å². The first-order valence-corrected chi connectivity index (χ1v) is 12.9. The van der Waals surface area contributed by atoms with Crippen LogP contribution < -0.4 is 5.32 Å². The molecule has 2 N–H and O–H groups in total. The Labute approximate surface area is 215 Å². The van der Waals surface area contributed by atoms with Gasteiger partial charge in [-0.25, -0.2) is 19.3 Å². The van der Waals surface area contributed by atoms with Crippen LogP contribution in [0.25, 0.3) is 32.5 Å². The number of hydrogen-bond donors (Lipinski definition) is 2. The molecule has 5 heterocycles. The van der Waals surface area contributed by atoms with Gasteiger partial charge in [-0.1, -0.05) is 29.8 Å². The maximum atomic E-state index is 14.6. The minimum atomic E-state index is -0.524. The van der Waals surface area contributed by atoms with Crippen LogP contribution in [0.15, 0.2) is 55.0 Å². The molecule has 182 valence electrons. The smallest absolute Gasteiger partial charge is 0.263 e. The van der Waals surface area contributed by atoms with Gasteiger partial charge >= 0.3 is 0 Å². The van der Waals surface area contributed by atoms with Crippen LogP contribution in [-0.4, -0.2) is 50.4 Å². The van der Waals surface area contributed by atoms with Gasteiger partial charge in [0.15, 0.2) is 17.5 Å². The van der Waals surface area contributed by atoms with Crippen LogP contribution >= 0.6 is 22.9 Å². The normalized spacial score (nSPS) is 16.1. The Morgan fingerprint density at radius 1 is 1.25 bits per heavy atom. The van der Waals surface area contributed by atoms with E-state index in [9.17, 15) is 9.18 Å². The fourth-order valence-electron chi connectivity index (χ4n) is 4.68. The molecular weight excluding hydrogens is 499 g/mol. The van der Waals surface area contributed by atoms with Gasteiger partial charge < -0.3 is 15.2 Å². The molecule has 1 saturated heterocycles. The van der Waals surface area contributed by atoms with Gasteiger partial charge in [0.1, 0.15) is 5.65 Å². The molecule has 1 amide bonds. The van der Waals surface area contributed by atoms with Gasteiger partial charge in [-0.2, -0.15) is 0 Å². The lowest BCUT2D eigenvalue weighted by Gasteiger charge is -2.32. The summed E-state index contributed by atoms with van der Waals surface area (Å²) in [5.41, 5.74) is 1.35. The number of nitrogens with zero attached hydrogens (tertiary/aromatic N) is 4. The maximum absolute atomic E-state index is 14.6. The summed E-state index contributed by atoms with van der Waals surface area (Å²) in [4.78, 5) is 31.8. The molecule has 1 atom stereocenters. The van der Waals surface area contributed by atoms with Gasteiger partial charge in [0.2, 0.25) is 0 Å². The summed E-state index contributed by atoms with van der Waals surface area (Å²) in [6.07, 6.45) is 6.32. The number of aromatic amines is 1. The number of piperidine rings is 1. The molecule has 0 spiro atoms. The van der Waals surface area contributed by atoms with Gasteiger partial charge in [-0.05, 0) is 42.3 Å². The maximum Gasteiger partial charge on any atom is 0.263 e. The molecule has 4 aromatic heterocycles. The lowest BCUT2D eigenvalue weighted by molar-refractivity contribution is 0.0685. The zero-order valence-corrected chi connectivity index (χ0v) is 20.7. The first kappa shape index (κ1) is 22.9. The topological polar surface area (TPSA) is 86.8 Å². The van der Waals surface area contributed by atoms with E-state index in [0.29, 0.717) is 35.1 Å². The summed E-state index contributed by atoms with van der Waals surface area (Å²) in [6.45, 7) is 1.85. The Bertz CT molecular complexity index is 1550. The van der Waals surface area contributed by atoms with Crippen LogP contribution in [0.4, 0.5) is 10.2 Å². The number of benzene rings is 1. The number of fused-ring (bicyclic) bond motifs is 2. The number of hydrogen-bond acceptors (Lipinski definition) is 6. The van der Waals surface area contributed by atoms with Crippen LogP contribution in [0.5, 0.6) is 0 Å². The predicted octanol–water partition coefficient (Wildman–Crippen LogP) is 5.99. The Kier molecular flexibility index (Phi) is 6.02. The Morgan fingerprint density at radius 3 is 3.03 bits per heavy atom. The minimum absolute atomic E-state index is 0.0583. The molecule has 5 aromatic rings. The number of amides is 1. The van der Waals surface area contributed by atoms with Crippen LogP contribution in [-0.2, 0) is 0 Å². The minimum Gasteiger partial charge on any atom is -0.367 e. The van der Waals surface area contributed by atoms with Crippen LogP contribution in [0.1, 0.15) is 22.5 Å². The number of thiophene rings is 1. The van der Waals surface area contributed by atoms with Crippen LogP contribution in [0, 0.1) is 11.7 Å². The Balaban J connectivity index is 1.16. The fraction of sp³-hybridized carbons (Fsp3) is 0.231. The summed E-state index contributed by atoms with van der Waals surface area (Å²) in [5.74, 6) is 0.231. The van der Waals surface area contributed by atoms with E-state index in [2.05, 4.69) is 25.3 Å². The zero-order valence-electron chi connectivity index (χ0n) is 19.2. The largest absolute Gasteiger partial charge is 0.367 e. The van der Waals surface area contributed by atoms with E-state index < -0.39 is 5.82 Å². The number of pyridine rings is 1. The first-order chi connectivity index (χ1) is 17.5. The van der Waals surface area contributed by atoms with Gasteiger partial charge in [0, 0.05) is 47.7 Å². The molecule has 7 nitrogen and oxygen atoms in total. The van der Waals surface area contributed by atoms with Crippen molar-refractivity contribution in [2.45, 2.75) is 12.8 Å². The Hall–Kier alpha value is -3.56. The number of nitrogens with one attached hydrogen (secondary N) is 2. The van der Waals surface area contributed by atoms with Crippen LogP contribution in [0.3, 0.4) is 0 Å². The van der Waals surface area contributed by atoms with Crippen molar-refractivity contribution in [3.8, 4) is 11.4 Å². The molecule has 36 heavy (non-hydrogen) atoms. The van der Waals surface area contributed by atoms with E-state index in [0.717, 1.165) is 39.7 Å². The molecule has 0 saturated carbocycles. The Morgan fingerprint density at radius 2 is 2.14 bits per heavy atom. The number of rotatable bonds is 5. The molecule has 0 unspecified atom stereocenters. The lowest BCUT2D eigenvalue weighted by atomic mass is 9.98. The van der Waals surface area contributed by atoms with Gasteiger partial charge in [-0.15, -0.1) is 11.3 Å². The molecule has 0 aliphatic carbocycles. The molecule has 1 fully saturated rings. The molecule has 1 aliphatic rings. The third-order valence-electron chi connectivity index (χ3n) is 6.48. The van der Waals surface area contributed by atoms with Gasteiger partial charge in [0.05, 0.1) is 16.1 Å². The average molecular weight is 521 g/mol. The van der Waals surface area contributed by atoms with Gasteiger partial charge in [-0.3, -0.25) is 4.79 Å². The SMILES string of the molecule is O=C(c1cc2ccccc2s1)N1CCC[C@H](CNc2nc(-c3c[nH]c4ncc(Cl)cc34)ncc2F)C1. The molecule has 1 aliphatic heterocycles. The van der Waals surface area contributed by atoms with Crippen molar-refractivity contribution >= 4 is 55.8 Å². The third-order valence-corrected chi connectivity index (χ3v) is 7.79. The zero-order chi connectivity index (χ0) is 24.6. The lowest BCUT2D eigenvalue weighted by Crippen LogP contribution is -2.41. The number of anilines is 1. The summed E-state index contributed by atoms with van der Waals surface area (Å²) in [5, 5.41) is 5.50. The standard InChI is InChI=1S/C26H22ClFN6OS/c27-17-9-18-19(12-31-23(18)30-11-17)24-32-13-20(28)25(33-24)29-10-15-4-3-7-34(14-15)26(35)22-8-16-5-1-2-6-21(16)36-22/h1-2,5-6,8-9,11-13,15H,3-4,7,10,14H2,(H,30,31)(H,29,32,33)/t15-/m1/s1. The van der Waals surface area contributed by atoms with Crippen molar-refractivity contribution in [1.82, 2.24) is 24.8 Å². The molecule has 0 radical (unpaired) electrons. The van der Waals surface area contributed by atoms with E-state index in [-0.39, 0.29) is 17.6 Å². The highest BCUT2D eigenvalue weighted by Crippen LogP contribution is 2.30. The second-order valence-electron chi connectivity index (χ2n) is 8.93. The van der Waals surface area contributed by atoms with Crippen molar-refractivity contribution in [2.75, 3.05) is 25.0 Å². The fourth-order valence-corrected chi connectivity index (χ4v) is 5.87. The molecular formula is C26H22ClFN6OS. The summed E-state index contributed by atoms with van der Waals surface area (Å²) in [7, 11) is 0. The van der Waals surface area contributed by atoms with Gasteiger partial charge in [0.25, 0.3) is 5.91 Å². The van der Waals surface area contributed by atoms with Crippen molar-refractivity contribution in [1.29, 1.82) is 0 Å². The monoisotopic (exact) mass is 520 g/mol. The molecule has 10 heteroatoms. The third kappa shape index (κ3) is 4.40. The number of carbonyl (C=O) groups is 1. The first-order valence-electron chi connectivity index (χ1n) is 11.7. The van der Waals surface area contributed by atoms with Crippen LogP contribution in [0.2, 0.25) is 5.02 Å². The van der Waals surface area contributed by atoms with E-state index in [1.165, 1.54) is 17.5 Å². The predicted molar refractivity (Wildman–Crippen MR) is 141 cm³/mol.